The predicted octanol–water partition coefficient (Wildman–Crippen LogP) is 1.22. The smallest absolute Gasteiger partial charge is 0.263 e. The molecule has 1 aliphatic rings. The average molecular weight is 309 g/mol. The molecule has 0 saturated carbocycles. The van der Waals surface area contributed by atoms with E-state index in [0.717, 1.165) is 24.2 Å². The van der Waals surface area contributed by atoms with Crippen LogP contribution in [0, 0.1) is 6.92 Å². The number of nitrogens with zero attached hydrogens (tertiary/aromatic N) is 7. The Labute approximate surface area is 132 Å². The molecule has 0 aliphatic carbocycles. The second-order valence-electron chi connectivity index (χ2n) is 5.47. The third-order valence-corrected chi connectivity index (χ3v) is 3.94. The third kappa shape index (κ3) is 2.28. The van der Waals surface area contributed by atoms with Crippen LogP contribution in [0.4, 0.5) is 5.95 Å². The molecule has 0 radical (unpaired) electrons. The minimum Gasteiger partial charge on any atom is -0.275 e. The molecule has 0 N–H and O–H groups in total. The summed E-state index contributed by atoms with van der Waals surface area (Å²) in [6, 6.07) is 7.90. The zero-order chi connectivity index (χ0) is 15.8. The molecule has 0 bridgehead atoms. The van der Waals surface area contributed by atoms with E-state index in [2.05, 4.69) is 20.6 Å². The molecular formula is C15H15N7O. The highest BCUT2D eigenvalue weighted by Gasteiger charge is 2.27. The van der Waals surface area contributed by atoms with Gasteiger partial charge in [-0.15, -0.1) is 0 Å². The van der Waals surface area contributed by atoms with Crippen LogP contribution in [0.25, 0.3) is 5.69 Å². The van der Waals surface area contributed by atoms with Crippen molar-refractivity contribution >= 4 is 11.9 Å². The van der Waals surface area contributed by atoms with Gasteiger partial charge in [-0.3, -0.25) is 9.69 Å². The molecule has 3 aromatic rings. The molecule has 116 valence electrons. The second kappa shape index (κ2) is 5.31. The zero-order valence-electron chi connectivity index (χ0n) is 12.6. The van der Waals surface area contributed by atoms with Crippen molar-refractivity contribution in [1.29, 1.82) is 0 Å². The Bertz CT molecular complexity index is 866. The lowest BCUT2D eigenvalue weighted by molar-refractivity contribution is 0.0980. The number of carbonyl (C=O) groups is 1. The average Bonchev–Trinajstić information content (AvgIpc) is 3.23. The normalized spacial score (nSPS) is 13.9. The van der Waals surface area contributed by atoms with Gasteiger partial charge in [-0.05, 0) is 35.4 Å². The number of aryl methyl sites for hydroxylation is 2. The lowest BCUT2D eigenvalue weighted by Crippen LogP contribution is -2.38. The van der Waals surface area contributed by atoms with Crippen LogP contribution in [0.1, 0.15) is 22.3 Å². The van der Waals surface area contributed by atoms with Gasteiger partial charge < -0.3 is 0 Å². The van der Waals surface area contributed by atoms with Crippen molar-refractivity contribution < 1.29 is 4.79 Å². The van der Waals surface area contributed by atoms with Crippen LogP contribution >= 0.6 is 0 Å². The van der Waals surface area contributed by atoms with E-state index < -0.39 is 0 Å². The van der Waals surface area contributed by atoms with Crippen molar-refractivity contribution in [2.75, 3.05) is 11.4 Å². The molecule has 0 fully saturated rings. The molecule has 1 aliphatic heterocycles. The van der Waals surface area contributed by atoms with Crippen LogP contribution in [0.2, 0.25) is 0 Å². The minimum atomic E-state index is -0.138. The summed E-state index contributed by atoms with van der Waals surface area (Å²) in [5, 5.41) is 15.8. The Morgan fingerprint density at radius 2 is 2.09 bits per heavy atom. The Morgan fingerprint density at radius 1 is 1.22 bits per heavy atom. The predicted molar refractivity (Wildman–Crippen MR) is 82.4 cm³/mol. The molecule has 0 unspecified atom stereocenters. The van der Waals surface area contributed by atoms with Crippen molar-refractivity contribution in [1.82, 2.24) is 30.0 Å². The van der Waals surface area contributed by atoms with E-state index in [9.17, 15) is 4.79 Å². The van der Waals surface area contributed by atoms with Crippen molar-refractivity contribution in [2.24, 2.45) is 0 Å². The summed E-state index contributed by atoms with van der Waals surface area (Å²) >= 11 is 0. The van der Waals surface area contributed by atoms with E-state index >= 15 is 0 Å². The highest BCUT2D eigenvalue weighted by Crippen LogP contribution is 2.19. The van der Waals surface area contributed by atoms with E-state index in [1.807, 2.05) is 31.2 Å². The third-order valence-electron chi connectivity index (χ3n) is 3.94. The zero-order valence-corrected chi connectivity index (χ0v) is 12.6. The Hall–Kier alpha value is -3.03. The molecular weight excluding hydrogens is 294 g/mol. The number of para-hydroxylation sites is 1. The van der Waals surface area contributed by atoms with Gasteiger partial charge in [0.2, 0.25) is 0 Å². The van der Waals surface area contributed by atoms with Crippen LogP contribution in [-0.4, -0.2) is 42.4 Å². The maximum absolute atomic E-state index is 12.8. The number of benzene rings is 1. The lowest BCUT2D eigenvalue weighted by atomic mass is 10.2. The largest absolute Gasteiger partial charge is 0.275 e. The number of hydrogen-bond donors (Lipinski definition) is 0. The number of fused-ring (bicyclic) bond motifs is 1. The van der Waals surface area contributed by atoms with Gasteiger partial charge in [0.25, 0.3) is 11.9 Å². The molecule has 3 heterocycles. The SMILES string of the molecule is Cc1ccccc1-n1cc(C(=O)N2CCCn3nnnc32)cn1. The molecule has 2 aromatic heterocycles. The number of tetrazole rings is 1. The summed E-state index contributed by atoms with van der Waals surface area (Å²) in [5.74, 6) is 0.352. The number of hydrogen-bond acceptors (Lipinski definition) is 5. The van der Waals surface area contributed by atoms with Crippen molar-refractivity contribution in [2.45, 2.75) is 19.9 Å². The summed E-state index contributed by atoms with van der Waals surface area (Å²) in [5.41, 5.74) is 2.57. The monoisotopic (exact) mass is 309 g/mol. The molecule has 0 spiro atoms. The van der Waals surface area contributed by atoms with E-state index in [4.69, 9.17) is 0 Å². The summed E-state index contributed by atoms with van der Waals surface area (Å²) in [7, 11) is 0. The van der Waals surface area contributed by atoms with Crippen LogP contribution in [0.5, 0.6) is 0 Å². The van der Waals surface area contributed by atoms with Gasteiger partial charge in [-0.2, -0.15) is 5.10 Å². The van der Waals surface area contributed by atoms with Gasteiger partial charge in [0, 0.05) is 19.3 Å². The summed E-state index contributed by atoms with van der Waals surface area (Å²) < 4.78 is 3.36. The molecule has 8 nitrogen and oxygen atoms in total. The highest BCUT2D eigenvalue weighted by molar-refractivity contribution is 6.05. The van der Waals surface area contributed by atoms with Gasteiger partial charge in [-0.1, -0.05) is 23.3 Å². The van der Waals surface area contributed by atoms with Crippen molar-refractivity contribution in [3.05, 3.63) is 47.8 Å². The number of amides is 1. The van der Waals surface area contributed by atoms with E-state index in [1.165, 1.54) is 0 Å². The van der Waals surface area contributed by atoms with Gasteiger partial charge in [0.15, 0.2) is 0 Å². The molecule has 4 rings (SSSR count). The fourth-order valence-electron chi connectivity index (χ4n) is 2.75. The fourth-order valence-corrected chi connectivity index (χ4v) is 2.75. The second-order valence-corrected chi connectivity index (χ2v) is 5.47. The lowest BCUT2D eigenvalue weighted by Gasteiger charge is -2.24. The van der Waals surface area contributed by atoms with Gasteiger partial charge in [-0.25, -0.2) is 9.36 Å². The quantitative estimate of drug-likeness (QED) is 0.711. The Kier molecular flexibility index (Phi) is 3.14. The van der Waals surface area contributed by atoms with E-state index in [0.29, 0.717) is 18.1 Å². The van der Waals surface area contributed by atoms with Gasteiger partial charge in [0.1, 0.15) is 0 Å². The minimum absolute atomic E-state index is 0.138. The summed E-state index contributed by atoms with van der Waals surface area (Å²) in [4.78, 5) is 14.4. The number of rotatable bonds is 2. The highest BCUT2D eigenvalue weighted by atomic mass is 16.2. The summed E-state index contributed by atoms with van der Waals surface area (Å²) in [6.07, 6.45) is 4.15. The van der Waals surface area contributed by atoms with Crippen LogP contribution in [-0.2, 0) is 6.54 Å². The Morgan fingerprint density at radius 3 is 2.96 bits per heavy atom. The molecule has 0 saturated heterocycles. The molecule has 8 heteroatoms. The topological polar surface area (TPSA) is 81.7 Å². The van der Waals surface area contributed by atoms with Crippen LogP contribution in [0.3, 0.4) is 0 Å². The first kappa shape index (κ1) is 13.6. The molecule has 1 aromatic carbocycles. The number of anilines is 1. The van der Waals surface area contributed by atoms with Crippen LogP contribution < -0.4 is 4.90 Å². The standard InChI is InChI=1S/C15H15N7O/c1-11-5-2-3-6-13(11)22-10-12(9-16-22)14(23)20-7-4-8-21-15(20)17-18-19-21/h2-3,5-6,9-10H,4,7-8H2,1H3. The van der Waals surface area contributed by atoms with Gasteiger partial charge in [0.05, 0.1) is 17.4 Å². The molecule has 0 atom stereocenters. The first-order chi connectivity index (χ1) is 11.2. The molecule has 23 heavy (non-hydrogen) atoms. The van der Waals surface area contributed by atoms with Gasteiger partial charge >= 0.3 is 0 Å². The first-order valence-electron chi connectivity index (χ1n) is 7.43. The number of carbonyl (C=O) groups excluding carboxylic acids is 1. The maximum atomic E-state index is 12.8. The van der Waals surface area contributed by atoms with E-state index in [1.54, 1.807) is 26.7 Å². The summed E-state index contributed by atoms with van der Waals surface area (Å²) in [6.45, 7) is 3.35. The molecule has 1 amide bonds. The van der Waals surface area contributed by atoms with Crippen molar-refractivity contribution in [3.8, 4) is 5.69 Å². The fraction of sp³-hybridized carbons (Fsp3) is 0.267. The van der Waals surface area contributed by atoms with Crippen molar-refractivity contribution in [3.63, 3.8) is 0 Å². The van der Waals surface area contributed by atoms with Crippen LogP contribution in [0.15, 0.2) is 36.7 Å². The maximum Gasteiger partial charge on any atom is 0.263 e. The number of aromatic nitrogens is 6. The van der Waals surface area contributed by atoms with E-state index in [-0.39, 0.29) is 5.91 Å². The first-order valence-corrected chi connectivity index (χ1v) is 7.43. The Balaban J connectivity index is 1.66.